The Balaban J connectivity index is 2.22. The van der Waals surface area contributed by atoms with Crippen molar-refractivity contribution in [3.05, 3.63) is 0 Å². The van der Waals surface area contributed by atoms with E-state index < -0.39 is 18.7 Å². The van der Waals surface area contributed by atoms with Gasteiger partial charge in [0, 0.05) is 13.0 Å². The largest absolute Gasteiger partial charge is 0.390 e. The highest BCUT2D eigenvalue weighted by atomic mass is 19.4. The van der Waals surface area contributed by atoms with E-state index in [9.17, 15) is 18.3 Å². The fourth-order valence-electron chi connectivity index (χ4n) is 2.55. The zero-order chi connectivity index (χ0) is 13.6. The van der Waals surface area contributed by atoms with Crippen LogP contribution in [0.2, 0.25) is 0 Å². The third-order valence-electron chi connectivity index (χ3n) is 3.50. The smallest absolute Gasteiger partial charge is 0.389 e. The summed E-state index contributed by atoms with van der Waals surface area (Å²) in [5, 5.41) is 9.77. The van der Waals surface area contributed by atoms with Gasteiger partial charge < -0.3 is 9.84 Å². The Morgan fingerprint density at radius 2 is 2.00 bits per heavy atom. The highest BCUT2D eigenvalue weighted by Gasteiger charge is 2.30. The molecular formula is C13H23F3O2. The van der Waals surface area contributed by atoms with Crippen LogP contribution in [0.5, 0.6) is 0 Å². The maximum Gasteiger partial charge on any atom is 0.389 e. The maximum absolute atomic E-state index is 12.0. The van der Waals surface area contributed by atoms with Crippen molar-refractivity contribution in [2.45, 2.75) is 70.3 Å². The van der Waals surface area contributed by atoms with Gasteiger partial charge in [-0.15, -0.1) is 0 Å². The quantitative estimate of drug-likeness (QED) is 0.745. The Hall–Kier alpha value is -0.290. The van der Waals surface area contributed by atoms with E-state index in [0.29, 0.717) is 12.3 Å². The molecule has 0 heterocycles. The molecule has 5 heteroatoms. The number of rotatable bonds is 6. The number of hydrogen-bond acceptors (Lipinski definition) is 2. The number of aliphatic hydroxyl groups is 1. The zero-order valence-corrected chi connectivity index (χ0v) is 10.9. The Kier molecular flexibility index (Phi) is 6.43. The summed E-state index contributed by atoms with van der Waals surface area (Å²) >= 11 is 0. The highest BCUT2D eigenvalue weighted by Crippen LogP contribution is 2.30. The van der Waals surface area contributed by atoms with Gasteiger partial charge in [0.15, 0.2) is 0 Å². The summed E-state index contributed by atoms with van der Waals surface area (Å²) in [5.41, 5.74) is 0. The Morgan fingerprint density at radius 1 is 1.28 bits per heavy atom. The molecule has 0 aliphatic heterocycles. The maximum atomic E-state index is 12.0. The predicted molar refractivity (Wildman–Crippen MR) is 63.3 cm³/mol. The number of aliphatic hydroxyl groups excluding tert-OH is 1. The van der Waals surface area contributed by atoms with Crippen LogP contribution >= 0.6 is 0 Å². The van der Waals surface area contributed by atoms with Crippen molar-refractivity contribution in [1.29, 1.82) is 0 Å². The molecule has 0 bridgehead atoms. The minimum absolute atomic E-state index is 0.0227. The molecule has 3 unspecified atom stereocenters. The second kappa shape index (κ2) is 7.34. The van der Waals surface area contributed by atoms with E-state index >= 15 is 0 Å². The fourth-order valence-corrected chi connectivity index (χ4v) is 2.55. The van der Waals surface area contributed by atoms with E-state index in [1.54, 1.807) is 0 Å². The summed E-state index contributed by atoms with van der Waals surface area (Å²) in [4.78, 5) is 0. The lowest BCUT2D eigenvalue weighted by Gasteiger charge is -2.33. The lowest BCUT2D eigenvalue weighted by Crippen LogP contribution is -2.36. The molecule has 0 aromatic rings. The van der Waals surface area contributed by atoms with Crippen molar-refractivity contribution in [2.75, 3.05) is 6.61 Å². The van der Waals surface area contributed by atoms with Gasteiger partial charge in [-0.1, -0.05) is 19.8 Å². The molecule has 0 amide bonds. The molecule has 1 fully saturated rings. The van der Waals surface area contributed by atoms with Gasteiger partial charge in [-0.3, -0.25) is 0 Å². The molecule has 1 N–H and O–H groups in total. The zero-order valence-electron chi connectivity index (χ0n) is 10.9. The van der Waals surface area contributed by atoms with Crippen molar-refractivity contribution in [3.8, 4) is 0 Å². The molecule has 3 atom stereocenters. The van der Waals surface area contributed by atoms with Crippen LogP contribution in [-0.2, 0) is 4.74 Å². The Labute approximate surface area is 107 Å². The summed E-state index contributed by atoms with van der Waals surface area (Å²) in [5.74, 6) is 0.547. The van der Waals surface area contributed by atoms with Crippen LogP contribution in [0.15, 0.2) is 0 Å². The van der Waals surface area contributed by atoms with Gasteiger partial charge in [0.1, 0.15) is 0 Å². The van der Waals surface area contributed by atoms with Crippen LogP contribution < -0.4 is 0 Å². The van der Waals surface area contributed by atoms with E-state index in [1.807, 2.05) is 0 Å². The van der Waals surface area contributed by atoms with Crippen molar-refractivity contribution in [1.82, 2.24) is 0 Å². The Bertz CT molecular complexity index is 231. The van der Waals surface area contributed by atoms with Gasteiger partial charge in [0.2, 0.25) is 0 Å². The highest BCUT2D eigenvalue weighted by molar-refractivity contribution is 4.80. The third-order valence-corrected chi connectivity index (χ3v) is 3.50. The van der Waals surface area contributed by atoms with Gasteiger partial charge >= 0.3 is 6.18 Å². The van der Waals surface area contributed by atoms with Crippen LogP contribution in [0.1, 0.15) is 51.9 Å². The lowest BCUT2D eigenvalue weighted by molar-refractivity contribution is -0.141. The van der Waals surface area contributed by atoms with E-state index in [4.69, 9.17) is 4.74 Å². The molecule has 1 aliphatic carbocycles. The molecule has 1 rings (SSSR count). The molecular weight excluding hydrogens is 245 g/mol. The van der Waals surface area contributed by atoms with Gasteiger partial charge in [-0.05, 0) is 31.6 Å². The van der Waals surface area contributed by atoms with Crippen molar-refractivity contribution in [3.63, 3.8) is 0 Å². The first-order valence-corrected chi connectivity index (χ1v) is 6.78. The second-order valence-corrected chi connectivity index (χ2v) is 5.16. The molecule has 18 heavy (non-hydrogen) atoms. The first-order valence-electron chi connectivity index (χ1n) is 6.78. The van der Waals surface area contributed by atoms with Gasteiger partial charge in [-0.2, -0.15) is 13.2 Å². The number of alkyl halides is 3. The van der Waals surface area contributed by atoms with Gasteiger partial charge in [0.25, 0.3) is 0 Å². The average Bonchev–Trinajstić information content (AvgIpc) is 2.27. The minimum atomic E-state index is -4.11. The summed E-state index contributed by atoms with van der Waals surface area (Å²) in [6, 6.07) is 0. The lowest BCUT2D eigenvalue weighted by atomic mass is 9.83. The van der Waals surface area contributed by atoms with Crippen molar-refractivity contribution < 1.29 is 23.0 Å². The third kappa shape index (κ3) is 6.05. The Morgan fingerprint density at radius 3 is 2.61 bits per heavy atom. The summed E-state index contributed by atoms with van der Waals surface area (Å²) in [6.07, 6.45) is -1.05. The molecule has 1 saturated carbocycles. The predicted octanol–water partition coefficient (Wildman–Crippen LogP) is 3.68. The molecule has 2 nitrogen and oxygen atoms in total. The number of ether oxygens (including phenoxy) is 1. The summed E-state index contributed by atoms with van der Waals surface area (Å²) < 4.78 is 41.3. The average molecular weight is 268 g/mol. The first kappa shape index (κ1) is 15.8. The van der Waals surface area contributed by atoms with Crippen LogP contribution in [0.4, 0.5) is 13.2 Å². The van der Waals surface area contributed by atoms with Crippen LogP contribution in [0, 0.1) is 5.92 Å². The van der Waals surface area contributed by atoms with Crippen LogP contribution in [-0.4, -0.2) is 30.1 Å². The molecule has 0 radical (unpaired) electrons. The number of hydrogen-bond donors (Lipinski definition) is 1. The standard InChI is InChI=1S/C13H23F3O2/c1-2-4-10-5-6-11(17)12(9-10)18-8-3-7-13(14,15)16/h10-12,17H,2-9H2,1H3. The van der Waals surface area contributed by atoms with E-state index in [1.165, 1.54) is 0 Å². The molecule has 0 spiro atoms. The summed E-state index contributed by atoms with van der Waals surface area (Å²) in [7, 11) is 0. The van der Waals surface area contributed by atoms with Gasteiger partial charge in [-0.25, -0.2) is 0 Å². The SMILES string of the molecule is CCCC1CCC(O)C(OCCCC(F)(F)F)C1. The van der Waals surface area contributed by atoms with Gasteiger partial charge in [0.05, 0.1) is 12.2 Å². The monoisotopic (exact) mass is 268 g/mol. The van der Waals surface area contributed by atoms with Crippen molar-refractivity contribution in [2.24, 2.45) is 5.92 Å². The van der Waals surface area contributed by atoms with E-state index in [-0.39, 0.29) is 19.1 Å². The molecule has 0 saturated heterocycles. The van der Waals surface area contributed by atoms with E-state index in [0.717, 1.165) is 25.7 Å². The fraction of sp³-hybridized carbons (Fsp3) is 1.00. The normalized spacial score (nSPS) is 29.5. The molecule has 0 aromatic carbocycles. The first-order chi connectivity index (χ1) is 8.42. The summed E-state index contributed by atoms with van der Waals surface area (Å²) in [6.45, 7) is 2.20. The van der Waals surface area contributed by atoms with Crippen LogP contribution in [0.3, 0.4) is 0 Å². The van der Waals surface area contributed by atoms with Crippen LogP contribution in [0.25, 0.3) is 0 Å². The minimum Gasteiger partial charge on any atom is -0.390 e. The molecule has 108 valence electrons. The topological polar surface area (TPSA) is 29.5 Å². The molecule has 1 aliphatic rings. The second-order valence-electron chi connectivity index (χ2n) is 5.16. The van der Waals surface area contributed by atoms with E-state index in [2.05, 4.69) is 6.92 Å². The van der Waals surface area contributed by atoms with Crippen molar-refractivity contribution >= 4 is 0 Å². The molecule has 0 aromatic heterocycles. The number of halogens is 3.